The van der Waals surface area contributed by atoms with Gasteiger partial charge in [0.2, 0.25) is 5.96 Å². The zero-order chi connectivity index (χ0) is 17.0. The van der Waals surface area contributed by atoms with E-state index < -0.39 is 10.0 Å². The number of benzene rings is 1. The molecular formula is C16H23BrN4O2S. The Kier molecular flexibility index (Phi) is 5.78. The van der Waals surface area contributed by atoms with Crippen molar-refractivity contribution in [2.45, 2.75) is 49.5 Å². The van der Waals surface area contributed by atoms with Crippen LogP contribution in [0.25, 0.3) is 0 Å². The summed E-state index contributed by atoms with van der Waals surface area (Å²) in [5.74, 6) is 0.322. The van der Waals surface area contributed by atoms with Crippen LogP contribution in [0.15, 0.2) is 38.6 Å². The van der Waals surface area contributed by atoms with E-state index in [9.17, 15) is 8.42 Å². The van der Waals surface area contributed by atoms with Gasteiger partial charge in [0.25, 0.3) is 10.0 Å². The number of nitrogens with one attached hydrogen (secondary N) is 2. The van der Waals surface area contributed by atoms with Crippen molar-refractivity contribution in [3.63, 3.8) is 0 Å². The van der Waals surface area contributed by atoms with E-state index in [2.05, 4.69) is 35.9 Å². The van der Waals surface area contributed by atoms with Gasteiger partial charge in [-0.05, 0) is 37.1 Å². The molecule has 1 aliphatic carbocycles. The molecule has 2 aliphatic rings. The molecule has 0 unspecified atom stereocenters. The van der Waals surface area contributed by atoms with Crippen LogP contribution in [0.5, 0.6) is 0 Å². The van der Waals surface area contributed by atoms with Crippen LogP contribution in [0.2, 0.25) is 0 Å². The summed E-state index contributed by atoms with van der Waals surface area (Å²) in [6.45, 7) is 1.17. The van der Waals surface area contributed by atoms with Crippen LogP contribution in [-0.2, 0) is 10.0 Å². The van der Waals surface area contributed by atoms with Gasteiger partial charge < -0.3 is 5.32 Å². The highest BCUT2D eigenvalue weighted by atomic mass is 79.9. The normalized spacial score (nSPS) is 20.8. The van der Waals surface area contributed by atoms with Crippen LogP contribution in [-0.4, -0.2) is 38.7 Å². The summed E-state index contributed by atoms with van der Waals surface area (Å²) < 4.78 is 28.1. The second-order valence-electron chi connectivity index (χ2n) is 6.28. The van der Waals surface area contributed by atoms with Gasteiger partial charge in [-0.1, -0.05) is 41.6 Å². The number of guanidine groups is 1. The molecule has 132 valence electrons. The molecule has 1 aromatic carbocycles. The van der Waals surface area contributed by atoms with Crippen LogP contribution >= 0.6 is 15.9 Å². The number of rotatable bonds is 3. The number of nitrogens with zero attached hydrogens (tertiary/aromatic N) is 2. The maximum Gasteiger partial charge on any atom is 0.264 e. The average Bonchev–Trinajstić information content (AvgIpc) is 2.85. The fraction of sp³-hybridized carbons (Fsp3) is 0.562. The average molecular weight is 415 g/mol. The van der Waals surface area contributed by atoms with E-state index in [1.165, 1.54) is 38.5 Å². The molecular weight excluding hydrogens is 392 g/mol. The quantitative estimate of drug-likeness (QED) is 0.745. The largest absolute Gasteiger partial charge is 0.343 e. The van der Waals surface area contributed by atoms with Crippen LogP contribution in [0.1, 0.15) is 38.5 Å². The monoisotopic (exact) mass is 414 g/mol. The molecule has 3 rings (SSSR count). The van der Waals surface area contributed by atoms with Crippen molar-refractivity contribution in [1.29, 1.82) is 0 Å². The number of hydrogen-bond donors (Lipinski definition) is 2. The maximum atomic E-state index is 12.4. The first-order chi connectivity index (χ1) is 11.5. The van der Waals surface area contributed by atoms with E-state index in [4.69, 9.17) is 0 Å². The van der Waals surface area contributed by atoms with Gasteiger partial charge in [-0.15, -0.1) is 0 Å². The molecule has 0 spiro atoms. The van der Waals surface area contributed by atoms with E-state index in [0.29, 0.717) is 25.3 Å². The Balaban J connectivity index is 1.61. The second kappa shape index (κ2) is 7.84. The molecule has 2 N–H and O–H groups in total. The van der Waals surface area contributed by atoms with E-state index >= 15 is 0 Å². The van der Waals surface area contributed by atoms with Crippen molar-refractivity contribution in [2.75, 3.05) is 13.3 Å². The lowest BCUT2D eigenvalue weighted by Crippen LogP contribution is -2.52. The Labute approximate surface area is 151 Å². The zero-order valence-corrected chi connectivity index (χ0v) is 15.9. The predicted octanol–water partition coefficient (Wildman–Crippen LogP) is 2.63. The standard InChI is InChI=1S/C16H23BrN4O2S/c17-13-7-9-15(10-8-13)24(22,23)20-16-18-11-21(12-19-16)14-5-3-1-2-4-6-14/h7-10,14H,1-6,11-12H2,(H2,18,19,20). The molecule has 0 bridgehead atoms. The van der Waals surface area contributed by atoms with Gasteiger partial charge in [-0.25, -0.2) is 18.1 Å². The molecule has 24 heavy (non-hydrogen) atoms. The minimum absolute atomic E-state index is 0.224. The van der Waals surface area contributed by atoms with Crippen molar-refractivity contribution < 1.29 is 8.42 Å². The predicted molar refractivity (Wildman–Crippen MR) is 98.1 cm³/mol. The summed E-state index contributed by atoms with van der Waals surface area (Å²) in [7, 11) is -3.61. The Bertz CT molecular complexity index is 683. The van der Waals surface area contributed by atoms with E-state index in [0.717, 1.165) is 4.47 Å². The lowest BCUT2D eigenvalue weighted by molar-refractivity contribution is 0.171. The molecule has 8 heteroatoms. The minimum atomic E-state index is -3.61. The van der Waals surface area contributed by atoms with Gasteiger partial charge in [-0.3, -0.25) is 4.90 Å². The van der Waals surface area contributed by atoms with Crippen molar-refractivity contribution in [1.82, 2.24) is 14.9 Å². The number of halogens is 1. The molecule has 0 radical (unpaired) electrons. The van der Waals surface area contributed by atoms with Crippen molar-refractivity contribution in [2.24, 2.45) is 4.99 Å². The van der Waals surface area contributed by atoms with Gasteiger partial charge in [0.15, 0.2) is 0 Å². The van der Waals surface area contributed by atoms with E-state index in [1.54, 1.807) is 24.3 Å². The maximum absolute atomic E-state index is 12.4. The van der Waals surface area contributed by atoms with Crippen molar-refractivity contribution in [3.8, 4) is 0 Å². The molecule has 1 heterocycles. The Hall–Kier alpha value is -1.12. The molecule has 0 atom stereocenters. The summed E-state index contributed by atoms with van der Waals surface area (Å²) in [6, 6.07) is 7.09. The highest BCUT2D eigenvalue weighted by Gasteiger charge is 2.24. The fourth-order valence-electron chi connectivity index (χ4n) is 3.18. The number of hydrogen-bond acceptors (Lipinski definition) is 5. The molecule has 0 saturated heterocycles. The lowest BCUT2D eigenvalue weighted by atomic mass is 10.1. The summed E-state index contributed by atoms with van der Waals surface area (Å²) in [5.41, 5.74) is 0. The van der Waals surface area contributed by atoms with Crippen molar-refractivity contribution >= 4 is 31.9 Å². The summed E-state index contributed by atoms with van der Waals surface area (Å²) in [4.78, 5) is 6.89. The fourth-order valence-corrected chi connectivity index (χ4v) is 4.45. The molecule has 1 fully saturated rings. The third-order valence-corrected chi connectivity index (χ3v) is 6.44. The first-order valence-electron chi connectivity index (χ1n) is 8.35. The third kappa shape index (κ3) is 4.49. The van der Waals surface area contributed by atoms with Crippen molar-refractivity contribution in [3.05, 3.63) is 28.7 Å². The lowest BCUT2D eigenvalue weighted by Gasteiger charge is -2.33. The smallest absolute Gasteiger partial charge is 0.264 e. The van der Waals surface area contributed by atoms with Gasteiger partial charge in [0, 0.05) is 10.5 Å². The molecule has 0 aromatic heterocycles. The summed E-state index contributed by atoms with van der Waals surface area (Å²) in [6.07, 6.45) is 7.59. The first kappa shape index (κ1) is 17.7. The van der Waals surface area contributed by atoms with Crippen LogP contribution in [0, 0.1) is 0 Å². The molecule has 6 nitrogen and oxygen atoms in total. The topological polar surface area (TPSA) is 73.8 Å². The van der Waals surface area contributed by atoms with Gasteiger partial charge in [0.1, 0.15) is 0 Å². The van der Waals surface area contributed by atoms with Gasteiger partial charge >= 0.3 is 0 Å². The Morgan fingerprint density at radius 2 is 1.79 bits per heavy atom. The minimum Gasteiger partial charge on any atom is -0.343 e. The number of aliphatic imine (C=N–C) groups is 1. The summed E-state index contributed by atoms with van der Waals surface area (Å²) in [5, 5.41) is 3.10. The molecule has 1 saturated carbocycles. The van der Waals surface area contributed by atoms with Crippen LogP contribution < -0.4 is 10.0 Å². The molecule has 1 aliphatic heterocycles. The Morgan fingerprint density at radius 3 is 2.38 bits per heavy atom. The molecule has 0 amide bonds. The first-order valence-corrected chi connectivity index (χ1v) is 10.6. The zero-order valence-electron chi connectivity index (χ0n) is 13.5. The van der Waals surface area contributed by atoms with Crippen LogP contribution in [0.3, 0.4) is 0 Å². The number of sulfonamides is 1. The second-order valence-corrected chi connectivity index (χ2v) is 8.87. The SMILES string of the molecule is O=S(=O)(NC1=NCN(C2CCCCCC2)CN1)c1ccc(Br)cc1. The van der Waals surface area contributed by atoms with Gasteiger partial charge in [-0.2, -0.15) is 0 Å². The molecule has 1 aromatic rings. The van der Waals surface area contributed by atoms with E-state index in [1.807, 2.05) is 0 Å². The van der Waals surface area contributed by atoms with Crippen LogP contribution in [0.4, 0.5) is 0 Å². The Morgan fingerprint density at radius 1 is 1.12 bits per heavy atom. The third-order valence-electron chi connectivity index (χ3n) is 4.56. The highest BCUT2D eigenvalue weighted by Crippen LogP contribution is 2.22. The van der Waals surface area contributed by atoms with E-state index in [-0.39, 0.29) is 4.90 Å². The summed E-state index contributed by atoms with van der Waals surface area (Å²) >= 11 is 3.30. The highest BCUT2D eigenvalue weighted by molar-refractivity contribution is 9.10. The van der Waals surface area contributed by atoms with Gasteiger partial charge in [0.05, 0.1) is 18.2 Å².